The summed E-state index contributed by atoms with van der Waals surface area (Å²) in [6.45, 7) is 3.37. The van der Waals surface area contributed by atoms with E-state index in [0.29, 0.717) is 41.6 Å². The maximum atomic E-state index is 12.6. The summed E-state index contributed by atoms with van der Waals surface area (Å²) in [5.74, 6) is 0.420. The van der Waals surface area contributed by atoms with Crippen LogP contribution in [0.5, 0.6) is 0 Å². The minimum absolute atomic E-state index is 0. The van der Waals surface area contributed by atoms with Crippen LogP contribution in [0.4, 0.5) is 0 Å². The first-order valence-electron chi connectivity index (χ1n) is 6.70. The molecule has 1 aliphatic rings. The fourth-order valence-electron chi connectivity index (χ4n) is 2.53. The van der Waals surface area contributed by atoms with Crippen molar-refractivity contribution >= 4 is 22.4 Å². The molecule has 1 aliphatic heterocycles. The number of sulfonamides is 1. The molecule has 2 rings (SSSR count). The fourth-order valence-corrected chi connectivity index (χ4v) is 4.21. The van der Waals surface area contributed by atoms with Crippen LogP contribution in [0.25, 0.3) is 0 Å². The summed E-state index contributed by atoms with van der Waals surface area (Å²) in [6.07, 6.45) is 1.62. The van der Waals surface area contributed by atoms with Crippen molar-refractivity contribution in [3.05, 3.63) is 29.3 Å². The molecule has 0 unspecified atom stereocenters. The summed E-state index contributed by atoms with van der Waals surface area (Å²) in [5.41, 5.74) is 6.72. The Bertz CT molecular complexity index is 632. The van der Waals surface area contributed by atoms with E-state index in [1.807, 2.05) is 6.07 Å². The topological polar surface area (TPSA) is 87.2 Å². The highest BCUT2D eigenvalue weighted by Gasteiger charge is 2.29. The number of hydrogen-bond acceptors (Lipinski definition) is 4. The first kappa shape index (κ1) is 17.9. The molecule has 1 fully saturated rings. The van der Waals surface area contributed by atoms with Crippen LogP contribution in [0.1, 0.15) is 24.0 Å². The number of rotatable bonds is 3. The lowest BCUT2D eigenvalue weighted by atomic mass is 9.99. The van der Waals surface area contributed by atoms with E-state index < -0.39 is 10.0 Å². The minimum atomic E-state index is -3.47. The zero-order valence-corrected chi connectivity index (χ0v) is 13.6. The van der Waals surface area contributed by atoms with Crippen molar-refractivity contribution in [3.63, 3.8) is 0 Å². The molecule has 1 aromatic rings. The van der Waals surface area contributed by atoms with Gasteiger partial charge in [-0.1, -0.05) is 0 Å². The third kappa shape index (κ3) is 3.74. The lowest BCUT2D eigenvalue weighted by molar-refractivity contribution is 0.278. The average molecular weight is 330 g/mol. The Kier molecular flexibility index (Phi) is 6.17. The Morgan fingerprint density at radius 1 is 1.38 bits per heavy atom. The predicted molar refractivity (Wildman–Crippen MR) is 83.7 cm³/mol. The quantitative estimate of drug-likeness (QED) is 0.913. The van der Waals surface area contributed by atoms with Crippen molar-refractivity contribution in [3.8, 4) is 6.07 Å². The second-order valence-electron chi connectivity index (χ2n) is 5.18. The molecule has 0 spiro atoms. The van der Waals surface area contributed by atoms with Gasteiger partial charge in [0.05, 0.1) is 16.5 Å². The molecular weight excluding hydrogens is 310 g/mol. The van der Waals surface area contributed by atoms with E-state index in [1.54, 1.807) is 19.1 Å². The smallest absolute Gasteiger partial charge is 0.243 e. The monoisotopic (exact) mass is 329 g/mol. The molecule has 7 heteroatoms. The van der Waals surface area contributed by atoms with Crippen molar-refractivity contribution in [2.24, 2.45) is 11.7 Å². The van der Waals surface area contributed by atoms with Crippen molar-refractivity contribution in [2.45, 2.75) is 24.7 Å². The highest BCUT2D eigenvalue weighted by molar-refractivity contribution is 7.89. The van der Waals surface area contributed by atoms with Gasteiger partial charge in [-0.3, -0.25) is 0 Å². The van der Waals surface area contributed by atoms with E-state index in [1.165, 1.54) is 10.4 Å². The van der Waals surface area contributed by atoms with E-state index in [2.05, 4.69) is 0 Å². The van der Waals surface area contributed by atoms with E-state index in [9.17, 15) is 8.42 Å². The van der Waals surface area contributed by atoms with Crippen molar-refractivity contribution in [1.29, 1.82) is 5.26 Å². The van der Waals surface area contributed by atoms with Crippen molar-refractivity contribution < 1.29 is 8.42 Å². The van der Waals surface area contributed by atoms with Gasteiger partial charge in [-0.2, -0.15) is 9.57 Å². The molecule has 0 atom stereocenters. The molecule has 0 radical (unpaired) electrons. The molecule has 21 heavy (non-hydrogen) atoms. The number of hydrogen-bond donors (Lipinski definition) is 1. The molecule has 0 amide bonds. The maximum Gasteiger partial charge on any atom is 0.243 e. The lowest BCUT2D eigenvalue weighted by Gasteiger charge is -2.30. The summed E-state index contributed by atoms with van der Waals surface area (Å²) < 4.78 is 26.8. The van der Waals surface area contributed by atoms with Gasteiger partial charge >= 0.3 is 0 Å². The number of aryl methyl sites for hydroxylation is 1. The second-order valence-corrected chi connectivity index (χ2v) is 7.08. The molecule has 0 aliphatic carbocycles. The van der Waals surface area contributed by atoms with Gasteiger partial charge in [0.1, 0.15) is 0 Å². The third-order valence-corrected chi connectivity index (χ3v) is 5.89. The van der Waals surface area contributed by atoms with Crippen LogP contribution in [-0.4, -0.2) is 32.4 Å². The zero-order valence-electron chi connectivity index (χ0n) is 11.9. The van der Waals surface area contributed by atoms with E-state index >= 15 is 0 Å². The Morgan fingerprint density at radius 3 is 2.48 bits per heavy atom. The van der Waals surface area contributed by atoms with Gasteiger partial charge in [0.2, 0.25) is 10.0 Å². The molecule has 5 nitrogen and oxygen atoms in total. The van der Waals surface area contributed by atoms with Crippen LogP contribution in [0.3, 0.4) is 0 Å². The first-order valence-corrected chi connectivity index (χ1v) is 8.14. The number of nitrogens with two attached hydrogens (primary N) is 1. The molecule has 0 saturated carbocycles. The predicted octanol–water partition coefficient (Wildman–Crippen LogP) is 1.65. The van der Waals surface area contributed by atoms with Crippen LogP contribution < -0.4 is 5.73 Å². The second kappa shape index (κ2) is 7.23. The Morgan fingerprint density at radius 2 is 2.00 bits per heavy atom. The number of nitriles is 1. The molecular formula is C14H20ClN3O2S. The van der Waals surface area contributed by atoms with E-state index in [0.717, 1.165) is 12.8 Å². The number of nitrogens with zero attached hydrogens (tertiary/aromatic N) is 2. The van der Waals surface area contributed by atoms with Crippen molar-refractivity contribution in [2.75, 3.05) is 19.6 Å². The average Bonchev–Trinajstić information content (AvgIpc) is 2.46. The van der Waals surface area contributed by atoms with Gasteiger partial charge in [-0.15, -0.1) is 12.4 Å². The Balaban J connectivity index is 0.00000220. The van der Waals surface area contributed by atoms with Crippen LogP contribution in [0, 0.1) is 24.2 Å². The van der Waals surface area contributed by atoms with Gasteiger partial charge in [-0.25, -0.2) is 8.42 Å². The van der Waals surface area contributed by atoms with Crippen molar-refractivity contribution in [1.82, 2.24) is 4.31 Å². The molecule has 1 heterocycles. The SMILES string of the molecule is Cc1cc(C#N)ccc1S(=O)(=O)N1CCC(CN)CC1.Cl. The van der Waals surface area contributed by atoms with Gasteiger partial charge in [-0.05, 0) is 56.0 Å². The van der Waals surface area contributed by atoms with Crippen LogP contribution in [0.2, 0.25) is 0 Å². The van der Waals surface area contributed by atoms with Crippen LogP contribution in [0.15, 0.2) is 23.1 Å². The molecule has 2 N–H and O–H groups in total. The molecule has 116 valence electrons. The summed E-state index contributed by atoms with van der Waals surface area (Å²) in [6, 6.07) is 6.70. The van der Waals surface area contributed by atoms with Gasteiger partial charge in [0.25, 0.3) is 0 Å². The normalized spacial score (nSPS) is 17.0. The molecule has 1 aromatic carbocycles. The zero-order chi connectivity index (χ0) is 14.8. The van der Waals surface area contributed by atoms with Gasteiger partial charge in [0.15, 0.2) is 0 Å². The lowest BCUT2D eigenvalue weighted by Crippen LogP contribution is -2.40. The molecule has 1 saturated heterocycles. The van der Waals surface area contributed by atoms with Crippen LogP contribution >= 0.6 is 12.4 Å². The Hall–Kier alpha value is -1.13. The number of piperidine rings is 1. The van der Waals surface area contributed by atoms with Crippen LogP contribution in [-0.2, 0) is 10.0 Å². The highest BCUT2D eigenvalue weighted by Crippen LogP contribution is 2.25. The largest absolute Gasteiger partial charge is 0.330 e. The summed E-state index contributed by atoms with van der Waals surface area (Å²) in [5, 5.41) is 8.84. The maximum absolute atomic E-state index is 12.6. The summed E-state index contributed by atoms with van der Waals surface area (Å²) in [4.78, 5) is 0.294. The highest BCUT2D eigenvalue weighted by atomic mass is 35.5. The number of benzene rings is 1. The van der Waals surface area contributed by atoms with E-state index in [4.69, 9.17) is 11.0 Å². The van der Waals surface area contributed by atoms with E-state index in [-0.39, 0.29) is 12.4 Å². The molecule has 0 aromatic heterocycles. The number of halogens is 1. The van der Waals surface area contributed by atoms with Gasteiger partial charge < -0.3 is 5.73 Å². The summed E-state index contributed by atoms with van der Waals surface area (Å²) in [7, 11) is -3.47. The van der Waals surface area contributed by atoms with Gasteiger partial charge in [0, 0.05) is 13.1 Å². The Labute approximate surface area is 132 Å². The minimum Gasteiger partial charge on any atom is -0.330 e. The third-order valence-electron chi connectivity index (χ3n) is 3.83. The standard InChI is InChI=1S/C14H19N3O2S.ClH/c1-11-8-13(10-16)2-3-14(11)20(18,19)17-6-4-12(9-15)5-7-17;/h2-3,8,12H,4-7,9,15H2,1H3;1H. The first-order chi connectivity index (χ1) is 9.48. The molecule has 0 bridgehead atoms. The fraction of sp³-hybridized carbons (Fsp3) is 0.500. The summed E-state index contributed by atoms with van der Waals surface area (Å²) >= 11 is 0.